The molecule has 1 aliphatic heterocycles. The first kappa shape index (κ1) is 7.90. The van der Waals surface area contributed by atoms with Crippen molar-refractivity contribution in [3.8, 4) is 0 Å². The summed E-state index contributed by atoms with van der Waals surface area (Å²) < 4.78 is 4.54. The summed E-state index contributed by atoms with van der Waals surface area (Å²) in [7, 11) is 0. The number of aliphatic hydroxyl groups is 4. The molecule has 0 bridgehead atoms. The van der Waals surface area contributed by atoms with E-state index in [1.165, 1.54) is 0 Å². The fourth-order valence-electron chi connectivity index (χ4n) is 0.880. The van der Waals surface area contributed by atoms with Gasteiger partial charge in [-0.25, -0.2) is 0 Å². The van der Waals surface area contributed by atoms with Gasteiger partial charge in [-0.3, -0.25) is 0 Å². The normalized spacial score (nSPS) is 48.0. The molecule has 0 aromatic rings. The van der Waals surface area contributed by atoms with E-state index in [4.69, 9.17) is 20.4 Å². The largest absolute Gasteiger partial charge is 0.394 e. The monoisotopic (exact) mass is 150 g/mol. The lowest BCUT2D eigenvalue weighted by Gasteiger charge is -2.09. The molecule has 1 aliphatic rings. The van der Waals surface area contributed by atoms with E-state index in [9.17, 15) is 0 Å². The fraction of sp³-hybridized carbons (Fsp3) is 1.00. The molecule has 0 saturated carbocycles. The molecule has 0 amide bonds. The van der Waals surface area contributed by atoms with Crippen LogP contribution in [-0.4, -0.2) is 51.6 Å². The molecule has 0 aliphatic carbocycles. The second-order valence-corrected chi connectivity index (χ2v) is 2.23. The molecule has 5 heteroatoms. The van der Waals surface area contributed by atoms with Gasteiger partial charge in [-0.15, -0.1) is 0 Å². The van der Waals surface area contributed by atoms with E-state index in [2.05, 4.69) is 4.74 Å². The molecule has 1 fully saturated rings. The zero-order chi connectivity index (χ0) is 7.72. The minimum Gasteiger partial charge on any atom is -0.394 e. The number of rotatable bonds is 1. The molecule has 4 N–H and O–H groups in total. The van der Waals surface area contributed by atoms with Crippen molar-refractivity contribution >= 4 is 0 Å². The number of hydrogen-bond acceptors (Lipinski definition) is 5. The van der Waals surface area contributed by atoms with Crippen molar-refractivity contribution < 1.29 is 25.2 Å². The molecule has 1 unspecified atom stereocenters. The highest BCUT2D eigenvalue weighted by atomic mass is 16.6. The van der Waals surface area contributed by atoms with Crippen molar-refractivity contribution in [2.45, 2.75) is 24.6 Å². The lowest BCUT2D eigenvalue weighted by atomic mass is 10.1. The lowest BCUT2D eigenvalue weighted by Crippen LogP contribution is -2.33. The summed E-state index contributed by atoms with van der Waals surface area (Å²) >= 11 is 0. The molecule has 0 aromatic carbocycles. The number of ether oxygens (including phenoxy) is 1. The average Bonchev–Trinajstić information content (AvgIpc) is 2.17. The molecule has 60 valence electrons. The Bertz CT molecular complexity index is 117. The van der Waals surface area contributed by atoms with Gasteiger partial charge in [0.1, 0.15) is 18.3 Å². The van der Waals surface area contributed by atoms with Crippen molar-refractivity contribution in [2.75, 3.05) is 6.61 Å². The predicted molar refractivity (Wildman–Crippen MR) is 30.0 cm³/mol. The molecule has 1 rings (SSSR count). The van der Waals surface area contributed by atoms with Crippen molar-refractivity contribution in [2.24, 2.45) is 0 Å². The van der Waals surface area contributed by atoms with Crippen LogP contribution in [0.1, 0.15) is 0 Å². The smallest absolute Gasteiger partial charge is 0.184 e. The maximum atomic E-state index is 8.93. The van der Waals surface area contributed by atoms with E-state index in [0.29, 0.717) is 0 Å². The summed E-state index contributed by atoms with van der Waals surface area (Å²) in [5, 5.41) is 35.0. The molecule has 0 spiro atoms. The Morgan fingerprint density at radius 3 is 1.90 bits per heavy atom. The lowest BCUT2D eigenvalue weighted by molar-refractivity contribution is -0.132. The van der Waals surface area contributed by atoms with Crippen LogP contribution in [0.2, 0.25) is 0 Å². The SMILES string of the molecule is OC[C@H]1OC(O)[C@@H](O)[C@@H]1O. The molecule has 0 radical (unpaired) electrons. The summed E-state index contributed by atoms with van der Waals surface area (Å²) in [4.78, 5) is 0. The summed E-state index contributed by atoms with van der Waals surface area (Å²) in [5.74, 6) is 0. The number of aliphatic hydroxyl groups excluding tert-OH is 4. The molecule has 4 atom stereocenters. The third kappa shape index (κ3) is 1.14. The van der Waals surface area contributed by atoms with Gasteiger partial charge in [-0.2, -0.15) is 0 Å². The highest BCUT2D eigenvalue weighted by Gasteiger charge is 2.41. The Labute approximate surface area is 57.5 Å². The average molecular weight is 150 g/mol. The van der Waals surface area contributed by atoms with Crippen LogP contribution in [0.25, 0.3) is 0 Å². The predicted octanol–water partition coefficient (Wildman–Crippen LogP) is -2.58. The van der Waals surface area contributed by atoms with Crippen LogP contribution in [0.4, 0.5) is 0 Å². The first-order valence-electron chi connectivity index (χ1n) is 2.97. The Kier molecular flexibility index (Phi) is 2.22. The molecule has 5 nitrogen and oxygen atoms in total. The van der Waals surface area contributed by atoms with Crippen LogP contribution in [0.5, 0.6) is 0 Å². The van der Waals surface area contributed by atoms with Gasteiger partial charge in [0.15, 0.2) is 6.29 Å². The summed E-state index contributed by atoms with van der Waals surface area (Å²) in [6.07, 6.45) is -4.76. The van der Waals surface area contributed by atoms with Crippen LogP contribution < -0.4 is 0 Å². The van der Waals surface area contributed by atoms with Crippen molar-refractivity contribution in [1.82, 2.24) is 0 Å². The van der Waals surface area contributed by atoms with Gasteiger partial charge in [-0.05, 0) is 0 Å². The Balaban J connectivity index is 2.53. The van der Waals surface area contributed by atoms with Gasteiger partial charge < -0.3 is 25.2 Å². The van der Waals surface area contributed by atoms with Gasteiger partial charge in [0.05, 0.1) is 6.61 Å². The van der Waals surface area contributed by atoms with Crippen molar-refractivity contribution in [3.63, 3.8) is 0 Å². The topological polar surface area (TPSA) is 90.2 Å². The van der Waals surface area contributed by atoms with Crippen LogP contribution in [-0.2, 0) is 4.74 Å². The Hall–Kier alpha value is -0.200. The van der Waals surface area contributed by atoms with E-state index >= 15 is 0 Å². The third-order valence-electron chi connectivity index (χ3n) is 1.52. The maximum Gasteiger partial charge on any atom is 0.184 e. The highest BCUT2D eigenvalue weighted by Crippen LogP contribution is 2.18. The van der Waals surface area contributed by atoms with E-state index in [1.54, 1.807) is 0 Å². The third-order valence-corrected chi connectivity index (χ3v) is 1.52. The quantitative estimate of drug-likeness (QED) is 0.329. The first-order valence-corrected chi connectivity index (χ1v) is 2.97. The molecule has 1 saturated heterocycles. The zero-order valence-electron chi connectivity index (χ0n) is 5.21. The van der Waals surface area contributed by atoms with Crippen LogP contribution in [0, 0.1) is 0 Å². The molecular weight excluding hydrogens is 140 g/mol. The summed E-state index contributed by atoms with van der Waals surface area (Å²) in [6, 6.07) is 0. The van der Waals surface area contributed by atoms with Gasteiger partial charge >= 0.3 is 0 Å². The maximum absolute atomic E-state index is 8.93. The van der Waals surface area contributed by atoms with E-state index in [1.807, 2.05) is 0 Å². The molecular formula is C5H10O5. The minimum atomic E-state index is -1.38. The van der Waals surface area contributed by atoms with Crippen LogP contribution in [0.3, 0.4) is 0 Å². The van der Waals surface area contributed by atoms with E-state index in [-0.39, 0.29) is 0 Å². The van der Waals surface area contributed by atoms with Gasteiger partial charge in [0.25, 0.3) is 0 Å². The summed E-state index contributed by atoms with van der Waals surface area (Å²) in [5.41, 5.74) is 0. The second-order valence-electron chi connectivity index (χ2n) is 2.23. The van der Waals surface area contributed by atoms with Crippen molar-refractivity contribution in [1.29, 1.82) is 0 Å². The first-order chi connectivity index (χ1) is 4.66. The van der Waals surface area contributed by atoms with Gasteiger partial charge in [-0.1, -0.05) is 0 Å². The molecule has 10 heavy (non-hydrogen) atoms. The van der Waals surface area contributed by atoms with Crippen LogP contribution >= 0.6 is 0 Å². The zero-order valence-corrected chi connectivity index (χ0v) is 5.21. The molecule has 1 heterocycles. The summed E-state index contributed by atoms with van der Waals surface area (Å²) in [6.45, 7) is -0.407. The van der Waals surface area contributed by atoms with Crippen molar-refractivity contribution in [3.05, 3.63) is 0 Å². The number of hydrogen-bond donors (Lipinski definition) is 4. The van der Waals surface area contributed by atoms with E-state index < -0.39 is 31.2 Å². The van der Waals surface area contributed by atoms with Crippen LogP contribution in [0.15, 0.2) is 0 Å². The standard InChI is InChI=1S/C5H10O5/c6-1-2-3(7)4(8)5(9)10-2/h2-9H,1H2/t2-,3-,4+,5?/m1/s1. The minimum absolute atomic E-state index is 0.407. The fourth-order valence-corrected chi connectivity index (χ4v) is 0.880. The molecule has 0 aromatic heterocycles. The van der Waals surface area contributed by atoms with Gasteiger partial charge in [0, 0.05) is 0 Å². The Morgan fingerprint density at radius 1 is 1.10 bits per heavy atom. The van der Waals surface area contributed by atoms with Gasteiger partial charge in [0.2, 0.25) is 0 Å². The second kappa shape index (κ2) is 2.81. The van der Waals surface area contributed by atoms with E-state index in [0.717, 1.165) is 0 Å². The Morgan fingerprint density at radius 2 is 1.70 bits per heavy atom. The highest BCUT2D eigenvalue weighted by molar-refractivity contribution is 4.84.